The molecule has 462 valence electrons. The van der Waals surface area contributed by atoms with Crippen LogP contribution in [0.1, 0.15) is 43.6 Å². The number of nitrogens with one attached hydrogen (secondary N) is 3. The molecule has 39 heteroatoms. The summed E-state index contributed by atoms with van der Waals surface area (Å²) in [6.07, 6.45) is -0.0815. The van der Waals surface area contributed by atoms with Crippen molar-refractivity contribution >= 4 is 117 Å². The summed E-state index contributed by atoms with van der Waals surface area (Å²) in [5.41, 5.74) is -1.88. The molecule has 8 N–H and O–H groups in total. The van der Waals surface area contributed by atoms with E-state index >= 15 is 0 Å². The van der Waals surface area contributed by atoms with Crippen molar-refractivity contribution in [2.45, 2.75) is 37.3 Å². The third kappa shape index (κ3) is 28.0. The highest BCUT2D eigenvalue weighted by Crippen LogP contribution is 2.38. The number of alkyl halides is 7. The van der Waals surface area contributed by atoms with Gasteiger partial charge in [-0.3, -0.25) is 15.4 Å². The molecule has 84 heavy (non-hydrogen) atoms. The normalized spacial score (nSPS) is 11.9. The molecule has 25 nitrogen and oxygen atoms in total. The van der Waals surface area contributed by atoms with Crippen LogP contribution in [0.2, 0.25) is 20.1 Å². The number of carboxylic acids is 4. The molecular weight excluding hydrogens is 1300 g/mol. The molecule has 0 spiro atoms. The van der Waals surface area contributed by atoms with Gasteiger partial charge in [0.15, 0.2) is 11.9 Å². The van der Waals surface area contributed by atoms with Gasteiger partial charge in [0.05, 0.1) is 81.6 Å². The van der Waals surface area contributed by atoms with E-state index in [4.69, 9.17) is 85.9 Å². The van der Waals surface area contributed by atoms with Crippen LogP contribution in [0.3, 0.4) is 0 Å². The number of nitrogens with zero attached hydrogens (tertiary/aromatic N) is 2. The SMILES string of the molecule is COc1c(Cl)ccc(Cl)c1C(=O)O.C[C@H](OC(=O)c1cc(Oc2ccc(C(F)(F)F)cc2Cl)ccc1Cl)C(=O)O.C[S+](C)C.O=C(Nc1nc(OC(F)F)cc(OC(F)F)n1)NS(=O)(=O)c1ccccc1C(=O)O.O=C(O)CNCP(=O)([O-])O. The number of sulfonamides is 1. The minimum Gasteiger partial charge on any atom is -0.778 e. The summed E-state index contributed by atoms with van der Waals surface area (Å²) >= 11 is 23.1. The lowest BCUT2D eigenvalue weighted by Crippen LogP contribution is -2.35. The zero-order valence-electron chi connectivity index (χ0n) is 42.8. The monoisotopic (exact) mass is 1340 g/mol. The standard InChI is InChI=1S/C17H11Cl2F3O5.C14H10F4N4O7S.C8H6Cl2O3.C3H8NO5P.C3H9S/c1-8(15(23)24)26-16(25)11-7-10(3-4-12(11)18)27-14-5-2-9(6-13(14)19)17(20,21)22;15-11(16)28-8-5-9(29-12(17)18)20-13(19-8)21-14(25)22-30(26,27)7-4-2-1-3-6(7)10(23)24;1-13-7-5(10)3-2-4(9)6(7)8(11)12;5-3(6)1-4-2-10(7,8)9;1-4(2)3/h2-8H,1H3,(H,23,24);1-5,11-12H,(H,23,24)(H2,19,20,21,22,25);2-3H,1H3,(H,11,12);4H,1-2H2,(H,5,6)(H2,7,8,9);1-3H3/q;;;;+1/p-1/t8-;;;;/m0..../s1. The molecule has 0 aliphatic heterocycles. The third-order valence-electron chi connectivity index (χ3n) is 8.30. The first-order valence-electron chi connectivity index (χ1n) is 21.6. The summed E-state index contributed by atoms with van der Waals surface area (Å²) in [5.74, 6) is -9.09. The van der Waals surface area contributed by atoms with Crippen LogP contribution >= 0.6 is 54.0 Å². The molecule has 1 unspecified atom stereocenters. The number of benzene rings is 4. The van der Waals surface area contributed by atoms with Crippen molar-refractivity contribution in [3.05, 3.63) is 121 Å². The Balaban J connectivity index is 0.000000591. The minimum absolute atomic E-state index is 0.0246. The molecule has 0 aliphatic carbocycles. The fraction of sp³-hybridized carbons (Fsp3) is 0.244. The summed E-state index contributed by atoms with van der Waals surface area (Å²) in [7, 11) is -7.08. The second kappa shape index (κ2) is 34.6. The lowest BCUT2D eigenvalue weighted by molar-refractivity contribution is -0.193. The van der Waals surface area contributed by atoms with Gasteiger partial charge in [-0.1, -0.05) is 58.5 Å². The number of aromatic carboxylic acids is 2. The number of hydrogen-bond donors (Lipinski definition) is 8. The number of carboxylic acid groups (broad SMARTS) is 4. The van der Waals surface area contributed by atoms with Gasteiger partial charge in [-0.05, 0) is 78.5 Å². The number of urea groups is 1. The quantitative estimate of drug-likeness (QED) is 0.0166. The number of amides is 2. The Labute approximate surface area is 492 Å². The number of methoxy groups -OCH3 is 1. The maximum atomic E-state index is 12.7. The summed E-state index contributed by atoms with van der Waals surface area (Å²) in [6.45, 7) is -6.13. The summed E-state index contributed by atoms with van der Waals surface area (Å²) < 4.78 is 146. The minimum atomic E-state index is -4.71. The second-order valence-corrected chi connectivity index (χ2v) is 22.7. The van der Waals surface area contributed by atoms with Gasteiger partial charge in [-0.2, -0.15) is 40.7 Å². The fourth-order valence-corrected chi connectivity index (χ4v) is 7.45. The van der Waals surface area contributed by atoms with Gasteiger partial charge in [0.25, 0.3) is 10.0 Å². The van der Waals surface area contributed by atoms with Crippen molar-refractivity contribution in [3.8, 4) is 29.0 Å². The Hall–Kier alpha value is -7.14. The van der Waals surface area contributed by atoms with Crippen LogP contribution in [0.25, 0.3) is 0 Å². The lowest BCUT2D eigenvalue weighted by Gasteiger charge is -2.14. The Morgan fingerprint density at radius 1 is 0.762 bits per heavy atom. The third-order valence-corrected chi connectivity index (χ3v) is 11.5. The Bertz CT molecular complexity index is 3250. The maximum Gasteiger partial charge on any atom is 0.416 e. The van der Waals surface area contributed by atoms with Crippen molar-refractivity contribution in [1.82, 2.24) is 20.0 Å². The molecule has 0 saturated heterocycles. The van der Waals surface area contributed by atoms with E-state index in [2.05, 4.69) is 38.2 Å². The largest absolute Gasteiger partial charge is 0.778 e. The van der Waals surface area contributed by atoms with Gasteiger partial charge < -0.3 is 58.5 Å². The van der Waals surface area contributed by atoms with E-state index in [0.717, 1.165) is 37.3 Å². The molecule has 0 fully saturated rings. The zero-order valence-corrected chi connectivity index (χ0v) is 48.4. The van der Waals surface area contributed by atoms with Crippen LogP contribution in [0.5, 0.6) is 29.0 Å². The number of hydrogen-bond acceptors (Lipinski definition) is 18. The van der Waals surface area contributed by atoms with Gasteiger partial charge in [0, 0.05) is 0 Å². The zero-order chi connectivity index (χ0) is 64.6. The molecule has 1 heterocycles. The van der Waals surface area contributed by atoms with Crippen molar-refractivity contribution in [2.24, 2.45) is 0 Å². The van der Waals surface area contributed by atoms with Crippen LogP contribution in [-0.2, 0) is 46.0 Å². The smallest absolute Gasteiger partial charge is 0.416 e. The van der Waals surface area contributed by atoms with E-state index in [-0.39, 0.29) is 48.5 Å². The second-order valence-electron chi connectivity index (χ2n) is 15.3. The highest BCUT2D eigenvalue weighted by molar-refractivity contribution is 7.94. The van der Waals surface area contributed by atoms with Crippen molar-refractivity contribution in [3.63, 3.8) is 0 Å². The highest BCUT2D eigenvalue weighted by Gasteiger charge is 2.31. The van der Waals surface area contributed by atoms with Gasteiger partial charge >= 0.3 is 55.3 Å². The molecule has 5 rings (SSSR count). The topological polar surface area (TPSA) is 386 Å². The number of halogens is 11. The van der Waals surface area contributed by atoms with Crippen LogP contribution in [0, 0.1) is 0 Å². The Kier molecular flexibility index (Phi) is 30.8. The van der Waals surface area contributed by atoms with Crippen LogP contribution in [-0.4, -0.2) is 138 Å². The first-order valence-corrected chi connectivity index (χ1v) is 28.8. The van der Waals surface area contributed by atoms with Gasteiger partial charge in [0.2, 0.25) is 17.7 Å². The molecule has 2 amide bonds. The number of anilines is 1. The van der Waals surface area contributed by atoms with Crippen LogP contribution < -0.4 is 39.2 Å². The molecule has 1 aromatic heterocycles. The number of aromatic nitrogens is 2. The average Bonchev–Trinajstić information content (AvgIpc) is 2.48. The molecule has 0 saturated carbocycles. The molecule has 4 aromatic carbocycles. The number of esters is 1. The van der Waals surface area contributed by atoms with Crippen molar-refractivity contribution < 1.29 is 126 Å². The fourth-order valence-electron chi connectivity index (χ4n) is 5.07. The maximum absolute atomic E-state index is 12.7. The Morgan fingerprint density at radius 2 is 1.30 bits per heavy atom. The molecule has 2 atom stereocenters. The first-order chi connectivity index (χ1) is 38.7. The molecule has 0 radical (unpaired) electrons. The van der Waals surface area contributed by atoms with E-state index in [1.54, 1.807) is 5.32 Å². The Morgan fingerprint density at radius 3 is 1.75 bits per heavy atom. The number of ether oxygens (including phenoxy) is 5. The summed E-state index contributed by atoms with van der Waals surface area (Å²) in [6, 6.07) is 12.5. The van der Waals surface area contributed by atoms with Gasteiger partial charge in [-0.15, -0.1) is 0 Å². The first kappa shape index (κ1) is 74.9. The van der Waals surface area contributed by atoms with E-state index in [1.807, 2.05) is 5.32 Å². The van der Waals surface area contributed by atoms with Gasteiger partial charge in [0.1, 0.15) is 29.6 Å². The summed E-state index contributed by atoms with van der Waals surface area (Å²) in [5, 5.41) is 38.3. The van der Waals surface area contributed by atoms with E-state index in [1.165, 1.54) is 48.2 Å². The van der Waals surface area contributed by atoms with Gasteiger partial charge in [-0.25, -0.2) is 37.1 Å². The number of carbonyl (C=O) groups excluding carboxylic acids is 2. The summed E-state index contributed by atoms with van der Waals surface area (Å²) in [4.78, 5) is 90.1. The predicted octanol–water partition coefficient (Wildman–Crippen LogP) is 8.68. The number of rotatable bonds is 19. The highest BCUT2D eigenvalue weighted by atomic mass is 35.5. The lowest BCUT2D eigenvalue weighted by atomic mass is 10.2. The number of carbonyl (C=O) groups is 6. The van der Waals surface area contributed by atoms with E-state index < -0.39 is 126 Å². The average molecular weight is 1340 g/mol. The molecule has 5 aromatic rings. The van der Waals surface area contributed by atoms with Crippen LogP contribution in [0.4, 0.5) is 41.5 Å². The van der Waals surface area contributed by atoms with Crippen molar-refractivity contribution in [2.75, 3.05) is 44.0 Å². The predicted molar refractivity (Wildman–Crippen MR) is 284 cm³/mol. The molecular formula is C45H43Cl4F7N5O20PS2. The number of aliphatic carboxylic acids is 2. The van der Waals surface area contributed by atoms with E-state index in [9.17, 15) is 77.4 Å². The molecule has 0 aliphatic rings. The van der Waals surface area contributed by atoms with E-state index in [0.29, 0.717) is 23.0 Å². The molecule has 0 bridgehead atoms. The van der Waals surface area contributed by atoms with Crippen LogP contribution in [0.15, 0.2) is 83.8 Å². The van der Waals surface area contributed by atoms with Crippen molar-refractivity contribution in [1.29, 1.82) is 0 Å².